The highest BCUT2D eigenvalue weighted by Gasteiger charge is 2.33. The summed E-state index contributed by atoms with van der Waals surface area (Å²) in [6.07, 6.45) is 3.44. The first-order valence-corrected chi connectivity index (χ1v) is 9.73. The number of amides is 1. The van der Waals surface area contributed by atoms with E-state index in [1.807, 2.05) is 0 Å². The van der Waals surface area contributed by atoms with Crippen LogP contribution in [0.2, 0.25) is 0 Å². The van der Waals surface area contributed by atoms with Crippen molar-refractivity contribution in [3.05, 3.63) is 35.9 Å². The first-order valence-electron chi connectivity index (χ1n) is 8.24. The molecule has 2 aliphatic rings. The van der Waals surface area contributed by atoms with Crippen LogP contribution in [-0.2, 0) is 14.8 Å². The number of carbonyl (C=O) groups excluding carboxylic acids is 1. The van der Waals surface area contributed by atoms with Gasteiger partial charge in [-0.2, -0.15) is 0 Å². The molecule has 136 valence electrons. The Labute approximate surface area is 145 Å². The zero-order chi connectivity index (χ0) is 18.0. The van der Waals surface area contributed by atoms with Gasteiger partial charge < -0.3 is 4.90 Å². The number of benzene rings is 1. The molecule has 0 aliphatic heterocycles. The third kappa shape index (κ3) is 5.09. The van der Waals surface area contributed by atoms with Gasteiger partial charge in [-0.05, 0) is 49.5 Å². The van der Waals surface area contributed by atoms with Crippen LogP contribution >= 0.6 is 0 Å². The topological polar surface area (TPSA) is 66.5 Å². The van der Waals surface area contributed by atoms with E-state index in [2.05, 4.69) is 4.72 Å². The summed E-state index contributed by atoms with van der Waals surface area (Å²) in [6, 6.07) is 6.04. The molecule has 2 fully saturated rings. The Kier molecular flexibility index (Phi) is 5.19. The Morgan fingerprint density at radius 3 is 2.36 bits per heavy atom. The van der Waals surface area contributed by atoms with Crippen LogP contribution < -0.4 is 4.72 Å². The molecule has 8 heteroatoms. The van der Waals surface area contributed by atoms with E-state index in [1.54, 1.807) is 12.1 Å². The fourth-order valence-electron chi connectivity index (χ4n) is 2.46. The van der Waals surface area contributed by atoms with Crippen molar-refractivity contribution in [3.63, 3.8) is 0 Å². The Bertz CT molecular complexity index is 755. The first-order chi connectivity index (χ1) is 11.8. The van der Waals surface area contributed by atoms with Gasteiger partial charge in [0.2, 0.25) is 15.9 Å². The lowest BCUT2D eigenvalue weighted by atomic mass is 10.2. The minimum Gasteiger partial charge on any atom is -0.330 e. The van der Waals surface area contributed by atoms with Gasteiger partial charge in [0.25, 0.3) is 6.43 Å². The number of nitrogens with one attached hydrogen (secondary N) is 1. The summed E-state index contributed by atoms with van der Waals surface area (Å²) >= 11 is 0. The first kappa shape index (κ1) is 18.0. The molecule has 0 saturated heterocycles. The number of hydrogen-bond donors (Lipinski definition) is 1. The second-order valence-corrected chi connectivity index (χ2v) is 8.12. The number of halogens is 2. The molecule has 2 aliphatic carbocycles. The van der Waals surface area contributed by atoms with Crippen molar-refractivity contribution >= 4 is 22.0 Å². The molecule has 5 nitrogen and oxygen atoms in total. The lowest BCUT2D eigenvalue weighted by Gasteiger charge is -2.20. The normalized spacial score (nSPS) is 18.0. The predicted octanol–water partition coefficient (Wildman–Crippen LogP) is 2.40. The van der Waals surface area contributed by atoms with Crippen molar-refractivity contribution in [3.8, 4) is 0 Å². The van der Waals surface area contributed by atoms with E-state index in [1.165, 1.54) is 29.2 Å². The van der Waals surface area contributed by atoms with Crippen LogP contribution in [0.4, 0.5) is 8.78 Å². The van der Waals surface area contributed by atoms with Crippen LogP contribution in [0, 0.1) is 0 Å². The van der Waals surface area contributed by atoms with Crippen molar-refractivity contribution in [2.24, 2.45) is 0 Å². The average molecular weight is 370 g/mol. The van der Waals surface area contributed by atoms with E-state index < -0.39 is 28.9 Å². The van der Waals surface area contributed by atoms with E-state index >= 15 is 0 Å². The molecule has 1 N–H and O–H groups in total. The van der Waals surface area contributed by atoms with Crippen LogP contribution in [0.25, 0.3) is 6.08 Å². The molecule has 0 radical (unpaired) electrons. The molecule has 0 aromatic heterocycles. The molecule has 0 bridgehead atoms. The number of carbonyl (C=O) groups is 1. The van der Waals surface area contributed by atoms with Gasteiger partial charge >= 0.3 is 0 Å². The fraction of sp³-hybridized carbons (Fsp3) is 0.471. The molecule has 25 heavy (non-hydrogen) atoms. The highest BCUT2D eigenvalue weighted by molar-refractivity contribution is 7.89. The number of rotatable bonds is 8. The van der Waals surface area contributed by atoms with E-state index in [0.717, 1.165) is 25.7 Å². The number of nitrogens with zero attached hydrogens (tertiary/aromatic N) is 1. The van der Waals surface area contributed by atoms with Crippen molar-refractivity contribution in [1.82, 2.24) is 9.62 Å². The number of hydrogen-bond acceptors (Lipinski definition) is 3. The molecule has 2 saturated carbocycles. The van der Waals surface area contributed by atoms with Gasteiger partial charge in [-0.25, -0.2) is 21.9 Å². The molecular formula is C17H20F2N2O3S. The number of sulfonamides is 1. The second kappa shape index (κ2) is 7.21. The van der Waals surface area contributed by atoms with Gasteiger partial charge in [0.1, 0.15) is 0 Å². The van der Waals surface area contributed by atoms with E-state index in [9.17, 15) is 22.0 Å². The van der Waals surface area contributed by atoms with Gasteiger partial charge in [-0.3, -0.25) is 4.79 Å². The maximum Gasteiger partial charge on any atom is 0.255 e. The van der Waals surface area contributed by atoms with Gasteiger partial charge in [0.15, 0.2) is 0 Å². The van der Waals surface area contributed by atoms with E-state index in [0.29, 0.717) is 5.56 Å². The maximum absolute atomic E-state index is 12.6. The van der Waals surface area contributed by atoms with Crippen LogP contribution in [-0.4, -0.2) is 44.3 Å². The zero-order valence-corrected chi connectivity index (χ0v) is 14.4. The third-order valence-corrected chi connectivity index (χ3v) is 5.65. The molecule has 3 rings (SSSR count). The largest absolute Gasteiger partial charge is 0.330 e. The predicted molar refractivity (Wildman–Crippen MR) is 89.6 cm³/mol. The summed E-state index contributed by atoms with van der Waals surface area (Å²) in [5.41, 5.74) is 0.631. The van der Waals surface area contributed by atoms with Crippen molar-refractivity contribution in [2.45, 2.75) is 49.1 Å². The van der Waals surface area contributed by atoms with Crippen molar-refractivity contribution < 1.29 is 22.0 Å². The highest BCUT2D eigenvalue weighted by Crippen LogP contribution is 2.28. The van der Waals surface area contributed by atoms with Crippen molar-refractivity contribution in [2.75, 3.05) is 6.54 Å². The summed E-state index contributed by atoms with van der Waals surface area (Å²) in [4.78, 5) is 13.4. The lowest BCUT2D eigenvalue weighted by molar-refractivity contribution is -0.128. The lowest BCUT2D eigenvalue weighted by Crippen LogP contribution is -2.35. The van der Waals surface area contributed by atoms with Crippen LogP contribution in [0.1, 0.15) is 31.2 Å². The summed E-state index contributed by atoms with van der Waals surface area (Å²) < 4.78 is 51.9. The van der Waals surface area contributed by atoms with Crippen LogP contribution in [0.3, 0.4) is 0 Å². The minimum absolute atomic E-state index is 0.0328. The third-order valence-electron chi connectivity index (χ3n) is 4.11. The monoisotopic (exact) mass is 370 g/mol. The summed E-state index contributed by atoms with van der Waals surface area (Å²) in [6.45, 7) is -0.558. The Morgan fingerprint density at radius 2 is 1.84 bits per heavy atom. The molecular weight excluding hydrogens is 350 g/mol. The quantitative estimate of drug-likeness (QED) is 0.715. The smallest absolute Gasteiger partial charge is 0.255 e. The zero-order valence-electron chi connectivity index (χ0n) is 13.6. The van der Waals surface area contributed by atoms with Gasteiger partial charge in [-0.15, -0.1) is 0 Å². The Hall–Kier alpha value is -1.80. The molecule has 0 heterocycles. The molecule has 1 aromatic carbocycles. The van der Waals surface area contributed by atoms with Gasteiger partial charge in [0, 0.05) is 18.2 Å². The highest BCUT2D eigenvalue weighted by atomic mass is 32.2. The summed E-state index contributed by atoms with van der Waals surface area (Å²) in [5, 5.41) is 0. The van der Waals surface area contributed by atoms with Gasteiger partial charge in [0.05, 0.1) is 11.4 Å². The molecule has 1 aromatic rings. The SMILES string of the molecule is O=C(C=Cc1ccc(S(=O)(=O)NC2CC2)cc1)N(CC(F)F)C1CC1. The molecule has 0 atom stereocenters. The Balaban J connectivity index is 1.63. The molecule has 0 unspecified atom stereocenters. The minimum atomic E-state index is -3.51. The van der Waals surface area contributed by atoms with Crippen LogP contribution in [0.5, 0.6) is 0 Å². The second-order valence-electron chi connectivity index (χ2n) is 6.41. The van der Waals surface area contributed by atoms with E-state index in [4.69, 9.17) is 0 Å². The average Bonchev–Trinajstić information content (AvgIpc) is 3.44. The molecule has 0 spiro atoms. The summed E-state index contributed by atoms with van der Waals surface area (Å²) in [5.74, 6) is -0.449. The number of alkyl halides is 2. The maximum atomic E-state index is 12.6. The van der Waals surface area contributed by atoms with Gasteiger partial charge in [-0.1, -0.05) is 12.1 Å². The van der Waals surface area contributed by atoms with Crippen LogP contribution in [0.15, 0.2) is 35.2 Å². The molecule has 1 amide bonds. The van der Waals surface area contributed by atoms with E-state index in [-0.39, 0.29) is 17.0 Å². The summed E-state index contributed by atoms with van der Waals surface area (Å²) in [7, 11) is -3.51. The Morgan fingerprint density at radius 1 is 1.20 bits per heavy atom. The fourth-order valence-corrected chi connectivity index (χ4v) is 3.77. The standard InChI is InChI=1S/C17H20F2N2O3S/c18-16(19)11-21(14-6-7-14)17(22)10-3-12-1-8-15(9-2-12)25(23,24)20-13-4-5-13/h1-3,8-10,13-14,16,20H,4-7,11H2. The van der Waals surface area contributed by atoms with Crippen molar-refractivity contribution in [1.29, 1.82) is 0 Å².